The van der Waals surface area contributed by atoms with Crippen LogP contribution in [0.25, 0.3) is 0 Å². The molecule has 0 bridgehead atoms. The zero-order valence-electron chi connectivity index (χ0n) is 11.0. The second kappa shape index (κ2) is 5.38. The van der Waals surface area contributed by atoms with Gasteiger partial charge in [-0.3, -0.25) is 4.79 Å². The fraction of sp³-hybridized carbons (Fsp3) is 0.571. The molecule has 0 radical (unpaired) electrons. The molecule has 0 spiro atoms. The van der Waals surface area contributed by atoms with Gasteiger partial charge in [0.2, 0.25) is 0 Å². The van der Waals surface area contributed by atoms with Gasteiger partial charge in [0.1, 0.15) is 5.75 Å². The van der Waals surface area contributed by atoms with Gasteiger partial charge in [-0.1, -0.05) is 19.8 Å². The maximum absolute atomic E-state index is 12.3. The first kappa shape index (κ1) is 12.9. The van der Waals surface area contributed by atoms with Crippen LogP contribution >= 0.6 is 0 Å². The molecular weight excluding hydrogens is 228 g/mol. The van der Waals surface area contributed by atoms with E-state index in [0.717, 1.165) is 19.3 Å². The minimum absolute atomic E-state index is 0.0433. The van der Waals surface area contributed by atoms with Gasteiger partial charge in [-0.15, -0.1) is 0 Å². The molecule has 1 aromatic rings. The number of hydrogen-bond donors (Lipinski definition) is 1. The van der Waals surface area contributed by atoms with Crippen molar-refractivity contribution in [2.24, 2.45) is 5.92 Å². The third kappa shape index (κ3) is 2.63. The quantitative estimate of drug-likeness (QED) is 0.874. The van der Waals surface area contributed by atoms with Gasteiger partial charge in [0.25, 0.3) is 5.91 Å². The molecule has 98 valence electrons. The van der Waals surface area contributed by atoms with Crippen LogP contribution in [0.4, 0.5) is 0 Å². The highest BCUT2D eigenvalue weighted by molar-refractivity contribution is 5.94. The number of nitrogens with zero attached hydrogens (tertiary/aromatic N) is 2. The summed E-state index contributed by atoms with van der Waals surface area (Å²) in [6, 6.07) is 3.38. The van der Waals surface area contributed by atoms with Gasteiger partial charge >= 0.3 is 0 Å². The Morgan fingerprint density at radius 1 is 1.50 bits per heavy atom. The van der Waals surface area contributed by atoms with Crippen LogP contribution in [0, 0.1) is 5.92 Å². The zero-order chi connectivity index (χ0) is 13.1. The van der Waals surface area contributed by atoms with Gasteiger partial charge in [-0.2, -0.15) is 0 Å². The van der Waals surface area contributed by atoms with E-state index < -0.39 is 0 Å². The van der Waals surface area contributed by atoms with Crippen LogP contribution in [0.15, 0.2) is 18.3 Å². The first-order valence-corrected chi connectivity index (χ1v) is 6.50. The van der Waals surface area contributed by atoms with Gasteiger partial charge in [0.05, 0.1) is 0 Å². The summed E-state index contributed by atoms with van der Waals surface area (Å²) < 4.78 is 0. The summed E-state index contributed by atoms with van der Waals surface area (Å²) in [6.07, 6.45) is 6.02. The van der Waals surface area contributed by atoms with Crippen LogP contribution in [0.1, 0.15) is 43.1 Å². The van der Waals surface area contributed by atoms with Crippen molar-refractivity contribution in [2.75, 3.05) is 7.05 Å². The van der Waals surface area contributed by atoms with E-state index in [2.05, 4.69) is 11.9 Å². The molecule has 18 heavy (non-hydrogen) atoms. The monoisotopic (exact) mass is 248 g/mol. The average molecular weight is 248 g/mol. The zero-order valence-corrected chi connectivity index (χ0v) is 11.0. The Labute approximate surface area is 108 Å². The first-order valence-electron chi connectivity index (χ1n) is 6.50. The second-order valence-corrected chi connectivity index (χ2v) is 5.21. The predicted molar refractivity (Wildman–Crippen MR) is 69.4 cm³/mol. The van der Waals surface area contributed by atoms with E-state index in [9.17, 15) is 9.90 Å². The fourth-order valence-electron chi connectivity index (χ4n) is 2.65. The molecule has 1 aromatic heterocycles. The van der Waals surface area contributed by atoms with E-state index in [1.165, 1.54) is 18.7 Å². The summed E-state index contributed by atoms with van der Waals surface area (Å²) >= 11 is 0. The lowest BCUT2D eigenvalue weighted by Crippen LogP contribution is -2.40. The number of pyridine rings is 1. The topological polar surface area (TPSA) is 53.4 Å². The number of aromatic hydroxyl groups is 1. The van der Waals surface area contributed by atoms with Crippen LogP contribution in [0.2, 0.25) is 0 Å². The maximum atomic E-state index is 12.3. The molecule has 0 saturated heterocycles. The molecule has 0 aromatic carbocycles. The molecule has 1 saturated carbocycles. The van der Waals surface area contributed by atoms with Crippen molar-refractivity contribution in [3.8, 4) is 5.75 Å². The van der Waals surface area contributed by atoms with Crippen LogP contribution in [-0.2, 0) is 0 Å². The number of hydrogen-bond acceptors (Lipinski definition) is 3. The van der Waals surface area contributed by atoms with Gasteiger partial charge in [-0.25, -0.2) is 4.98 Å². The minimum atomic E-state index is -0.188. The molecule has 1 N–H and O–H groups in total. The Balaban J connectivity index is 2.11. The Morgan fingerprint density at radius 2 is 2.28 bits per heavy atom. The molecule has 1 fully saturated rings. The van der Waals surface area contributed by atoms with E-state index in [-0.39, 0.29) is 23.4 Å². The van der Waals surface area contributed by atoms with E-state index in [1.807, 2.05) is 0 Å². The largest absolute Gasteiger partial charge is 0.505 e. The number of aromatic nitrogens is 1. The lowest BCUT2D eigenvalue weighted by molar-refractivity contribution is 0.0663. The van der Waals surface area contributed by atoms with Gasteiger partial charge in [-0.05, 0) is 30.9 Å². The summed E-state index contributed by atoms with van der Waals surface area (Å²) in [5.41, 5.74) is 0.151. The fourth-order valence-corrected chi connectivity index (χ4v) is 2.65. The van der Waals surface area contributed by atoms with Crippen molar-refractivity contribution in [1.29, 1.82) is 0 Å². The molecule has 2 atom stereocenters. The third-order valence-electron chi connectivity index (χ3n) is 3.77. The Hall–Kier alpha value is -1.58. The third-order valence-corrected chi connectivity index (χ3v) is 3.77. The molecule has 2 rings (SSSR count). The van der Waals surface area contributed by atoms with Crippen molar-refractivity contribution in [3.05, 3.63) is 24.0 Å². The second-order valence-electron chi connectivity index (χ2n) is 5.21. The molecule has 1 aliphatic carbocycles. The van der Waals surface area contributed by atoms with E-state index in [0.29, 0.717) is 5.92 Å². The van der Waals surface area contributed by atoms with Gasteiger partial charge < -0.3 is 10.0 Å². The smallest absolute Gasteiger partial charge is 0.276 e. The number of amides is 1. The Morgan fingerprint density at radius 3 is 2.94 bits per heavy atom. The van der Waals surface area contributed by atoms with Crippen molar-refractivity contribution in [1.82, 2.24) is 9.88 Å². The SMILES string of the molecule is CC1CCCC(N(C)C(=O)c2ncccc2O)C1. The van der Waals surface area contributed by atoms with Crippen molar-refractivity contribution in [3.63, 3.8) is 0 Å². The highest BCUT2D eigenvalue weighted by Crippen LogP contribution is 2.28. The lowest BCUT2D eigenvalue weighted by atomic mass is 9.86. The van der Waals surface area contributed by atoms with Crippen LogP contribution in [-0.4, -0.2) is 34.0 Å². The minimum Gasteiger partial charge on any atom is -0.505 e. The summed E-state index contributed by atoms with van der Waals surface area (Å²) in [5, 5.41) is 9.67. The van der Waals surface area contributed by atoms with E-state index in [4.69, 9.17) is 0 Å². The molecular formula is C14H20N2O2. The predicted octanol–water partition coefficient (Wildman–Crippen LogP) is 2.44. The van der Waals surface area contributed by atoms with E-state index in [1.54, 1.807) is 18.0 Å². The van der Waals surface area contributed by atoms with Gasteiger partial charge in [0.15, 0.2) is 5.69 Å². The van der Waals surface area contributed by atoms with Crippen molar-refractivity contribution in [2.45, 2.75) is 38.6 Å². The summed E-state index contributed by atoms with van der Waals surface area (Å²) in [5.74, 6) is 0.432. The Kier molecular flexibility index (Phi) is 3.84. The molecule has 4 heteroatoms. The molecule has 1 aliphatic rings. The van der Waals surface area contributed by atoms with E-state index >= 15 is 0 Å². The summed E-state index contributed by atoms with van der Waals surface area (Å²) in [6.45, 7) is 2.22. The highest BCUT2D eigenvalue weighted by atomic mass is 16.3. The molecule has 0 aliphatic heterocycles. The van der Waals surface area contributed by atoms with Crippen molar-refractivity contribution >= 4 is 5.91 Å². The van der Waals surface area contributed by atoms with Crippen LogP contribution < -0.4 is 0 Å². The summed E-state index contributed by atoms with van der Waals surface area (Å²) in [7, 11) is 1.80. The highest BCUT2D eigenvalue weighted by Gasteiger charge is 2.27. The van der Waals surface area contributed by atoms with Crippen LogP contribution in [0.3, 0.4) is 0 Å². The molecule has 4 nitrogen and oxygen atoms in total. The number of carbonyl (C=O) groups excluding carboxylic acids is 1. The molecule has 2 unspecified atom stereocenters. The normalized spacial score (nSPS) is 23.7. The van der Waals surface area contributed by atoms with Crippen LogP contribution in [0.5, 0.6) is 5.75 Å². The Bertz CT molecular complexity index is 434. The first-order chi connectivity index (χ1) is 8.59. The maximum Gasteiger partial charge on any atom is 0.276 e. The standard InChI is InChI=1S/C14H20N2O2/c1-10-5-3-6-11(9-10)16(2)14(18)13-12(17)7-4-8-15-13/h4,7-8,10-11,17H,3,5-6,9H2,1-2H3. The number of carbonyl (C=O) groups is 1. The van der Waals surface area contributed by atoms with Crippen molar-refractivity contribution < 1.29 is 9.90 Å². The molecule has 1 heterocycles. The lowest BCUT2D eigenvalue weighted by Gasteiger charge is -2.34. The van der Waals surface area contributed by atoms with Gasteiger partial charge in [0, 0.05) is 19.3 Å². The number of rotatable bonds is 2. The average Bonchev–Trinajstić information content (AvgIpc) is 2.37. The molecule has 1 amide bonds. The summed E-state index contributed by atoms with van der Waals surface area (Å²) in [4.78, 5) is 18.0.